The fourth-order valence-electron chi connectivity index (χ4n) is 15.2. The lowest BCUT2D eigenvalue weighted by Gasteiger charge is -2.48. The third kappa shape index (κ3) is 7.12. The van der Waals surface area contributed by atoms with Crippen molar-refractivity contribution < 1.29 is 0 Å². The van der Waals surface area contributed by atoms with E-state index in [1.54, 1.807) is 16.7 Å². The van der Waals surface area contributed by atoms with Gasteiger partial charge in [0.05, 0.1) is 5.69 Å². The standard InChI is InChI=1S/C69H87BN2S/c1-40-31-45-49(67(15,16)28-25-63(45,7)8)37-53(40)72-54-38-50-48(66(13,14)27-29-68(50,17)18)36-52(54)70-58-55(32-41(33-56(58)72)61(2,3)4)71(42-21-22-44-46(34-42)64(9,10)24-23-62(44,5)6)59-43-35-47-51(39-57(43)73-60(59)70)69(19,20)30-26-65(47,11)12/h21-22,31-39H,23-30H2,1-20H3. The molecule has 0 radical (unpaired) electrons. The molecule has 1 aromatic heterocycles. The predicted molar refractivity (Wildman–Crippen MR) is 320 cm³/mol. The molecule has 0 fully saturated rings. The van der Waals surface area contributed by atoms with E-state index < -0.39 is 0 Å². The summed E-state index contributed by atoms with van der Waals surface area (Å²) in [6.45, 7) is 49.9. The number of thiophene rings is 1. The monoisotopic (exact) mass is 987 g/mol. The number of aryl methyl sites for hydroxylation is 1. The molecule has 2 aliphatic heterocycles. The van der Waals surface area contributed by atoms with Crippen molar-refractivity contribution in [3.63, 3.8) is 0 Å². The van der Waals surface area contributed by atoms with Crippen molar-refractivity contribution in [2.24, 2.45) is 0 Å². The minimum atomic E-state index is -0.106. The highest BCUT2D eigenvalue weighted by Gasteiger charge is 2.50. The van der Waals surface area contributed by atoms with E-state index in [4.69, 9.17) is 0 Å². The summed E-state index contributed by atoms with van der Waals surface area (Å²) in [6, 6.07) is 29.2. The van der Waals surface area contributed by atoms with E-state index in [1.165, 1.54) is 150 Å². The summed E-state index contributed by atoms with van der Waals surface area (Å²) < 4.78 is 2.93. The number of rotatable bonds is 2. The van der Waals surface area contributed by atoms with E-state index in [1.807, 2.05) is 0 Å². The molecule has 0 amide bonds. The van der Waals surface area contributed by atoms with Crippen LogP contribution < -0.4 is 25.5 Å². The quantitative estimate of drug-likeness (QED) is 0.159. The molecule has 0 unspecified atom stereocenters. The number of fused-ring (bicyclic) bond motifs is 10. The topological polar surface area (TPSA) is 6.48 Å². The van der Waals surface area contributed by atoms with Gasteiger partial charge in [0.2, 0.25) is 0 Å². The maximum atomic E-state index is 2.81. The SMILES string of the molecule is Cc1cc2c(cc1N1c3cc4c(cc3B3c5sc6cc7c(cc6c5N(c5ccc6c(c5)C(C)(C)CCC6(C)C)c5cc(C(C)(C)C)cc1c53)C(C)(C)CCC7(C)C)C(C)(C)CCC4(C)C)C(C)(C)CCC2(C)C. The summed E-state index contributed by atoms with van der Waals surface area (Å²) in [4.78, 5) is 5.62. The smallest absolute Gasteiger partial charge is 0.264 e. The van der Waals surface area contributed by atoms with Crippen molar-refractivity contribution in [3.8, 4) is 0 Å². The van der Waals surface area contributed by atoms with Crippen LogP contribution in [-0.4, -0.2) is 6.71 Å². The van der Waals surface area contributed by atoms with Crippen molar-refractivity contribution in [1.29, 1.82) is 0 Å². The summed E-state index contributed by atoms with van der Waals surface area (Å²) >= 11 is 2.11. The molecule has 6 aliphatic rings. The van der Waals surface area contributed by atoms with Gasteiger partial charge in [-0.25, -0.2) is 0 Å². The Hall–Kier alpha value is -4.28. The Balaban J connectivity index is 1.26. The molecule has 0 spiro atoms. The van der Waals surface area contributed by atoms with Gasteiger partial charge in [0.25, 0.3) is 6.71 Å². The Bertz CT molecular complexity index is 3370. The molecule has 4 heteroatoms. The molecule has 382 valence electrons. The van der Waals surface area contributed by atoms with Gasteiger partial charge >= 0.3 is 0 Å². The second-order valence-electron chi connectivity index (χ2n) is 30.9. The second-order valence-corrected chi connectivity index (χ2v) is 32.0. The molecule has 6 aromatic rings. The van der Waals surface area contributed by atoms with Gasteiger partial charge in [-0.2, -0.15) is 0 Å². The minimum absolute atomic E-state index is 0.0563. The van der Waals surface area contributed by atoms with Crippen LogP contribution in [0.25, 0.3) is 10.1 Å². The van der Waals surface area contributed by atoms with Crippen LogP contribution in [0.5, 0.6) is 0 Å². The average molecular weight is 987 g/mol. The fraction of sp³-hybridized carbons (Fsp3) is 0.536. The predicted octanol–water partition coefficient (Wildman–Crippen LogP) is 18.0. The first kappa shape index (κ1) is 49.6. The van der Waals surface area contributed by atoms with Crippen molar-refractivity contribution in [3.05, 3.63) is 122 Å². The lowest BCUT2D eigenvalue weighted by Crippen LogP contribution is -2.61. The molecule has 0 bridgehead atoms. The maximum absolute atomic E-state index is 2.81. The van der Waals surface area contributed by atoms with Crippen molar-refractivity contribution in [1.82, 2.24) is 0 Å². The van der Waals surface area contributed by atoms with Gasteiger partial charge in [-0.05, 0) is 222 Å². The van der Waals surface area contributed by atoms with E-state index in [2.05, 4.69) is 226 Å². The Morgan fingerprint density at radius 3 is 1.34 bits per heavy atom. The van der Waals surface area contributed by atoms with Gasteiger partial charge in [0.15, 0.2) is 0 Å². The van der Waals surface area contributed by atoms with Crippen LogP contribution in [0.15, 0.2) is 66.7 Å². The molecule has 0 N–H and O–H groups in total. The summed E-state index contributed by atoms with van der Waals surface area (Å²) in [6.07, 6.45) is 9.58. The number of nitrogens with zero attached hydrogens (tertiary/aromatic N) is 2. The van der Waals surface area contributed by atoms with Crippen molar-refractivity contribution in [2.75, 3.05) is 9.80 Å². The number of hydrogen-bond acceptors (Lipinski definition) is 3. The van der Waals surface area contributed by atoms with Crippen LogP contribution >= 0.6 is 11.3 Å². The van der Waals surface area contributed by atoms with Crippen molar-refractivity contribution in [2.45, 2.75) is 239 Å². The first-order valence-electron chi connectivity index (χ1n) is 28.6. The molecule has 2 nitrogen and oxygen atoms in total. The van der Waals surface area contributed by atoms with Gasteiger partial charge in [0, 0.05) is 43.3 Å². The molecule has 12 rings (SSSR count). The molecule has 0 saturated carbocycles. The first-order valence-corrected chi connectivity index (χ1v) is 29.4. The van der Waals surface area contributed by atoms with Crippen LogP contribution in [0.2, 0.25) is 0 Å². The minimum Gasteiger partial charge on any atom is -0.311 e. The lowest BCUT2D eigenvalue weighted by molar-refractivity contribution is 0.331. The van der Waals surface area contributed by atoms with Crippen molar-refractivity contribution >= 4 is 78.0 Å². The highest BCUT2D eigenvalue weighted by Crippen LogP contribution is 2.57. The normalized spacial score (nSPS) is 22.6. The third-order valence-electron chi connectivity index (χ3n) is 21.0. The van der Waals surface area contributed by atoms with Crippen LogP contribution in [0, 0.1) is 6.92 Å². The van der Waals surface area contributed by atoms with Gasteiger partial charge < -0.3 is 9.80 Å². The Morgan fingerprint density at radius 1 is 0.425 bits per heavy atom. The number of anilines is 6. The second kappa shape index (κ2) is 15.0. The summed E-state index contributed by atoms with van der Waals surface area (Å²) in [5.74, 6) is 0. The Labute approximate surface area is 446 Å². The van der Waals surface area contributed by atoms with Gasteiger partial charge in [-0.15, -0.1) is 11.3 Å². The average Bonchev–Trinajstić information content (AvgIpc) is 3.67. The largest absolute Gasteiger partial charge is 0.311 e. The van der Waals surface area contributed by atoms with Gasteiger partial charge in [-0.3, -0.25) is 0 Å². The maximum Gasteiger partial charge on any atom is 0.264 e. The molecule has 73 heavy (non-hydrogen) atoms. The molecule has 3 heterocycles. The zero-order valence-corrected chi connectivity index (χ0v) is 49.7. The van der Waals surface area contributed by atoms with E-state index in [0.717, 1.165) is 0 Å². The number of benzene rings is 5. The third-order valence-corrected chi connectivity index (χ3v) is 22.2. The zero-order chi connectivity index (χ0) is 52.5. The Kier molecular flexibility index (Phi) is 10.2. The van der Waals surface area contributed by atoms with Crippen LogP contribution in [-0.2, 0) is 48.7 Å². The van der Waals surface area contributed by atoms with Gasteiger partial charge in [0.1, 0.15) is 0 Å². The molecule has 0 saturated heterocycles. The first-order chi connectivity index (χ1) is 33.7. The van der Waals surface area contributed by atoms with Crippen LogP contribution in [0.1, 0.15) is 239 Å². The van der Waals surface area contributed by atoms with Crippen LogP contribution in [0.4, 0.5) is 34.1 Å². The van der Waals surface area contributed by atoms with E-state index in [0.29, 0.717) is 0 Å². The molecular formula is C69H87BN2S. The zero-order valence-electron chi connectivity index (χ0n) is 48.9. The summed E-state index contributed by atoms with van der Waals surface area (Å²) in [5.41, 5.74) is 26.7. The van der Waals surface area contributed by atoms with E-state index >= 15 is 0 Å². The van der Waals surface area contributed by atoms with E-state index in [-0.39, 0.29) is 55.4 Å². The summed E-state index contributed by atoms with van der Waals surface area (Å²) in [5, 5.41) is 1.42. The highest BCUT2D eigenvalue weighted by atomic mass is 32.1. The molecule has 4 aliphatic carbocycles. The Morgan fingerprint density at radius 2 is 0.836 bits per heavy atom. The summed E-state index contributed by atoms with van der Waals surface area (Å²) in [7, 11) is 0. The molecule has 5 aromatic carbocycles. The van der Waals surface area contributed by atoms with Crippen LogP contribution in [0.3, 0.4) is 0 Å². The lowest BCUT2D eigenvalue weighted by atomic mass is 9.35. The van der Waals surface area contributed by atoms with E-state index in [9.17, 15) is 0 Å². The van der Waals surface area contributed by atoms with Gasteiger partial charge in [-0.1, -0.05) is 150 Å². The molecular weight excluding hydrogens is 900 g/mol. The fourth-order valence-corrected chi connectivity index (χ4v) is 16.6. The molecule has 0 atom stereocenters. The number of hydrogen-bond donors (Lipinski definition) is 0. The highest BCUT2D eigenvalue weighted by molar-refractivity contribution is 7.33.